The Hall–Kier alpha value is -2.45. The van der Waals surface area contributed by atoms with Gasteiger partial charge in [-0.25, -0.2) is 0 Å². The van der Waals surface area contributed by atoms with E-state index in [1.807, 2.05) is 25.1 Å². The number of rotatable bonds is 6. The molecule has 24 heavy (non-hydrogen) atoms. The van der Waals surface area contributed by atoms with Crippen molar-refractivity contribution < 1.29 is 9.53 Å². The number of aromatic amines is 1. The number of ether oxygens (including phenoxy) is 1. The van der Waals surface area contributed by atoms with Gasteiger partial charge in [-0.1, -0.05) is 6.07 Å². The van der Waals surface area contributed by atoms with Crippen LogP contribution in [0.1, 0.15) is 5.56 Å². The number of aromatic nitrogens is 2. The highest BCUT2D eigenvalue weighted by Gasteiger charge is 2.14. The maximum absolute atomic E-state index is 12.0. The van der Waals surface area contributed by atoms with E-state index in [4.69, 9.17) is 22.7 Å². The monoisotopic (exact) mass is 348 g/mol. The number of aryl methyl sites for hydroxylation is 1. The number of H-pyrrole nitrogens is 1. The molecule has 0 saturated heterocycles. The Morgan fingerprint density at radius 3 is 2.83 bits per heavy atom. The Labute approximate surface area is 144 Å². The van der Waals surface area contributed by atoms with Gasteiger partial charge in [-0.3, -0.25) is 14.6 Å². The quantitative estimate of drug-likeness (QED) is 0.675. The van der Waals surface area contributed by atoms with Crippen LogP contribution in [-0.4, -0.2) is 35.7 Å². The van der Waals surface area contributed by atoms with Crippen molar-refractivity contribution in [3.05, 3.63) is 45.0 Å². The van der Waals surface area contributed by atoms with Crippen molar-refractivity contribution in [3.63, 3.8) is 0 Å². The number of methoxy groups -OCH3 is 1. The van der Waals surface area contributed by atoms with E-state index in [2.05, 4.69) is 10.3 Å². The Kier molecular flexibility index (Phi) is 5.88. The molecule has 1 heterocycles. The van der Waals surface area contributed by atoms with E-state index in [0.717, 1.165) is 5.56 Å². The third kappa shape index (κ3) is 4.09. The second-order valence-electron chi connectivity index (χ2n) is 5.25. The second kappa shape index (κ2) is 7.89. The smallest absolute Gasteiger partial charge is 0.252 e. The summed E-state index contributed by atoms with van der Waals surface area (Å²) in [5, 5.41) is 2.68. The van der Waals surface area contributed by atoms with E-state index in [1.54, 1.807) is 11.7 Å². The van der Waals surface area contributed by atoms with E-state index >= 15 is 0 Å². The summed E-state index contributed by atoms with van der Waals surface area (Å²) in [5.41, 5.74) is 7.27. The topological polar surface area (TPSA) is 102 Å². The SMILES string of the molecule is COc1cc(C)ccc1-c1cc(=O)[nH]c(=S)n1CC(=O)NCCN. The Morgan fingerprint density at radius 1 is 1.42 bits per heavy atom. The zero-order chi connectivity index (χ0) is 17.7. The van der Waals surface area contributed by atoms with Gasteiger partial charge >= 0.3 is 0 Å². The van der Waals surface area contributed by atoms with Gasteiger partial charge in [-0.15, -0.1) is 0 Å². The highest BCUT2D eigenvalue weighted by atomic mass is 32.1. The van der Waals surface area contributed by atoms with Gasteiger partial charge in [0, 0.05) is 24.7 Å². The molecule has 0 radical (unpaired) electrons. The number of nitrogens with two attached hydrogens (primary N) is 1. The van der Waals surface area contributed by atoms with Crippen LogP contribution >= 0.6 is 12.2 Å². The fraction of sp³-hybridized carbons (Fsp3) is 0.312. The number of carbonyl (C=O) groups is 1. The molecule has 7 nitrogen and oxygen atoms in total. The Morgan fingerprint density at radius 2 is 2.17 bits per heavy atom. The maximum Gasteiger partial charge on any atom is 0.252 e. The molecule has 1 aromatic carbocycles. The van der Waals surface area contributed by atoms with E-state index in [-0.39, 0.29) is 22.8 Å². The molecule has 2 rings (SSSR count). The largest absolute Gasteiger partial charge is 0.496 e. The van der Waals surface area contributed by atoms with E-state index < -0.39 is 0 Å². The first-order valence-corrected chi connectivity index (χ1v) is 7.83. The van der Waals surface area contributed by atoms with Gasteiger partial charge in [-0.05, 0) is 36.8 Å². The van der Waals surface area contributed by atoms with Crippen LogP contribution in [0, 0.1) is 11.7 Å². The summed E-state index contributed by atoms with van der Waals surface area (Å²) < 4.78 is 7.14. The normalized spacial score (nSPS) is 10.5. The summed E-state index contributed by atoms with van der Waals surface area (Å²) in [6, 6.07) is 7.00. The molecular weight excluding hydrogens is 328 g/mol. The molecule has 128 valence electrons. The van der Waals surface area contributed by atoms with Crippen molar-refractivity contribution in [1.82, 2.24) is 14.9 Å². The third-order valence-corrected chi connectivity index (χ3v) is 3.76. The van der Waals surface area contributed by atoms with Crippen molar-refractivity contribution in [2.45, 2.75) is 13.5 Å². The summed E-state index contributed by atoms with van der Waals surface area (Å²) in [5.74, 6) is 0.363. The highest BCUT2D eigenvalue weighted by Crippen LogP contribution is 2.30. The number of hydrogen-bond donors (Lipinski definition) is 3. The minimum Gasteiger partial charge on any atom is -0.496 e. The number of hydrogen-bond acceptors (Lipinski definition) is 5. The van der Waals surface area contributed by atoms with Gasteiger partial charge in [0.2, 0.25) is 5.91 Å². The molecule has 0 aliphatic rings. The van der Waals surface area contributed by atoms with Gasteiger partial charge in [0.05, 0.1) is 12.8 Å². The number of nitrogens with zero attached hydrogens (tertiary/aromatic N) is 1. The van der Waals surface area contributed by atoms with Crippen LogP contribution < -0.4 is 21.3 Å². The van der Waals surface area contributed by atoms with Gasteiger partial charge in [0.15, 0.2) is 4.77 Å². The summed E-state index contributed by atoms with van der Waals surface area (Å²) in [7, 11) is 1.55. The molecule has 0 aliphatic carbocycles. The highest BCUT2D eigenvalue weighted by molar-refractivity contribution is 7.71. The number of amides is 1. The Bertz CT molecular complexity index is 857. The lowest BCUT2D eigenvalue weighted by atomic mass is 10.1. The maximum atomic E-state index is 12.0. The van der Waals surface area contributed by atoms with E-state index in [1.165, 1.54) is 6.07 Å². The average Bonchev–Trinajstić information content (AvgIpc) is 2.55. The summed E-state index contributed by atoms with van der Waals surface area (Å²) >= 11 is 5.23. The average molecular weight is 348 g/mol. The molecule has 2 aromatic rings. The van der Waals surface area contributed by atoms with Crippen molar-refractivity contribution in [2.24, 2.45) is 5.73 Å². The molecule has 4 N–H and O–H groups in total. The fourth-order valence-electron chi connectivity index (χ4n) is 2.32. The molecule has 0 aliphatic heterocycles. The molecule has 0 spiro atoms. The Balaban J connectivity index is 2.56. The zero-order valence-electron chi connectivity index (χ0n) is 13.6. The van der Waals surface area contributed by atoms with E-state index in [0.29, 0.717) is 30.1 Å². The molecule has 1 amide bonds. The van der Waals surface area contributed by atoms with Crippen molar-refractivity contribution in [1.29, 1.82) is 0 Å². The molecular formula is C16H20N4O3S. The van der Waals surface area contributed by atoms with Crippen LogP contribution in [0.15, 0.2) is 29.1 Å². The van der Waals surface area contributed by atoms with Crippen LogP contribution in [0.4, 0.5) is 0 Å². The first-order valence-electron chi connectivity index (χ1n) is 7.42. The molecule has 0 unspecified atom stereocenters. The lowest BCUT2D eigenvalue weighted by molar-refractivity contribution is -0.121. The van der Waals surface area contributed by atoms with Crippen LogP contribution in [0.2, 0.25) is 0 Å². The van der Waals surface area contributed by atoms with Crippen molar-refractivity contribution in [2.75, 3.05) is 20.2 Å². The van der Waals surface area contributed by atoms with Crippen LogP contribution in [0.25, 0.3) is 11.3 Å². The van der Waals surface area contributed by atoms with Gasteiger partial charge in [0.25, 0.3) is 5.56 Å². The van der Waals surface area contributed by atoms with Gasteiger partial charge in [0.1, 0.15) is 12.3 Å². The summed E-state index contributed by atoms with van der Waals surface area (Å²) in [6.07, 6.45) is 0. The zero-order valence-corrected chi connectivity index (χ0v) is 14.4. The molecule has 0 bridgehead atoms. The van der Waals surface area contributed by atoms with Crippen LogP contribution in [0.5, 0.6) is 5.75 Å². The van der Waals surface area contributed by atoms with Gasteiger partial charge in [-0.2, -0.15) is 0 Å². The minimum absolute atomic E-state index is 0.0258. The molecule has 0 atom stereocenters. The van der Waals surface area contributed by atoms with Crippen molar-refractivity contribution in [3.8, 4) is 17.0 Å². The van der Waals surface area contributed by atoms with E-state index in [9.17, 15) is 9.59 Å². The first-order chi connectivity index (χ1) is 11.5. The van der Waals surface area contributed by atoms with Crippen LogP contribution in [-0.2, 0) is 11.3 Å². The molecule has 8 heteroatoms. The van der Waals surface area contributed by atoms with Crippen molar-refractivity contribution >= 4 is 18.1 Å². The standard InChI is InChI=1S/C16H20N4O3S/c1-10-3-4-11(13(7-10)23-2)12-8-14(21)19-16(24)20(12)9-15(22)18-6-5-17/h3-4,7-8H,5-6,9,17H2,1-2H3,(H,18,22)(H,19,21,24). The lowest BCUT2D eigenvalue weighted by Crippen LogP contribution is -2.33. The number of benzene rings is 1. The lowest BCUT2D eigenvalue weighted by Gasteiger charge is -2.16. The number of carbonyl (C=O) groups excluding carboxylic acids is 1. The minimum atomic E-state index is -0.337. The molecule has 0 fully saturated rings. The van der Waals surface area contributed by atoms with Crippen LogP contribution in [0.3, 0.4) is 0 Å². The molecule has 1 aromatic heterocycles. The predicted octanol–water partition coefficient (Wildman–Crippen LogP) is 0.965. The fourth-order valence-corrected chi connectivity index (χ4v) is 2.59. The second-order valence-corrected chi connectivity index (χ2v) is 5.64. The first kappa shape index (κ1) is 17.9. The summed E-state index contributed by atoms with van der Waals surface area (Å²) in [6.45, 7) is 2.64. The predicted molar refractivity (Wildman–Crippen MR) is 94.7 cm³/mol. The summed E-state index contributed by atoms with van der Waals surface area (Å²) in [4.78, 5) is 26.4. The van der Waals surface area contributed by atoms with Gasteiger partial charge < -0.3 is 20.4 Å². The number of nitrogens with one attached hydrogen (secondary N) is 2. The molecule has 0 saturated carbocycles. The third-order valence-electron chi connectivity index (χ3n) is 3.44.